The van der Waals surface area contributed by atoms with Crippen molar-refractivity contribution in [3.05, 3.63) is 60.2 Å². The molecule has 1 atom stereocenters. The van der Waals surface area contributed by atoms with Gasteiger partial charge >= 0.3 is 6.03 Å². The quantitative estimate of drug-likeness (QED) is 0.534. The summed E-state index contributed by atoms with van der Waals surface area (Å²) in [6.07, 6.45) is 0.129. The highest BCUT2D eigenvalue weighted by Gasteiger charge is 2.10. The van der Waals surface area contributed by atoms with Crippen LogP contribution in [-0.4, -0.2) is 24.4 Å². The number of benzene rings is 2. The van der Waals surface area contributed by atoms with Crippen LogP contribution < -0.4 is 15.4 Å². The van der Waals surface area contributed by atoms with Crippen molar-refractivity contribution in [1.29, 1.82) is 0 Å². The van der Waals surface area contributed by atoms with E-state index in [2.05, 4.69) is 22.8 Å². The normalized spacial score (nSPS) is 11.8. The highest BCUT2D eigenvalue weighted by Crippen LogP contribution is 2.20. The van der Waals surface area contributed by atoms with E-state index in [0.29, 0.717) is 6.54 Å². The first-order chi connectivity index (χ1) is 12.0. The van der Waals surface area contributed by atoms with Gasteiger partial charge in [0.15, 0.2) is 0 Å². The van der Waals surface area contributed by atoms with Crippen molar-refractivity contribution in [3.8, 4) is 5.75 Å². The van der Waals surface area contributed by atoms with Gasteiger partial charge in [-0.3, -0.25) is 0 Å². The zero-order valence-corrected chi connectivity index (χ0v) is 15.8. The molecule has 2 rings (SSSR count). The van der Waals surface area contributed by atoms with Gasteiger partial charge in [0, 0.05) is 17.2 Å². The molecule has 0 aliphatic carbocycles. The number of amides is 2. The molecule has 5 heteroatoms. The first-order valence-corrected chi connectivity index (χ1v) is 9.52. The number of nitrogens with one attached hydrogen (secondary N) is 2. The summed E-state index contributed by atoms with van der Waals surface area (Å²) in [6, 6.07) is 17.8. The summed E-state index contributed by atoms with van der Waals surface area (Å²) in [6.45, 7) is 6.58. The predicted octanol–water partition coefficient (Wildman–Crippen LogP) is 4.63. The summed E-state index contributed by atoms with van der Waals surface area (Å²) < 4.78 is 5.70. The smallest absolute Gasteiger partial charge is 0.315 e. The number of thioether (sulfide) groups is 1. The molecule has 0 spiro atoms. The number of rotatable bonds is 8. The molecule has 134 valence electrons. The molecule has 2 aromatic rings. The van der Waals surface area contributed by atoms with E-state index in [-0.39, 0.29) is 18.2 Å². The van der Waals surface area contributed by atoms with E-state index in [1.54, 1.807) is 11.8 Å². The van der Waals surface area contributed by atoms with Gasteiger partial charge in [-0.05, 0) is 50.6 Å². The minimum absolute atomic E-state index is 0.0857. The monoisotopic (exact) mass is 358 g/mol. The Morgan fingerprint density at radius 2 is 1.84 bits per heavy atom. The Balaban J connectivity index is 1.74. The zero-order chi connectivity index (χ0) is 18.1. The molecule has 2 aromatic carbocycles. The largest absolute Gasteiger partial charge is 0.491 e. The minimum atomic E-state index is -0.156. The average Bonchev–Trinajstić information content (AvgIpc) is 2.59. The molecule has 4 nitrogen and oxygen atoms in total. The van der Waals surface area contributed by atoms with Crippen molar-refractivity contribution < 1.29 is 9.53 Å². The molecule has 0 aliphatic rings. The van der Waals surface area contributed by atoms with Gasteiger partial charge in [0.25, 0.3) is 0 Å². The fraction of sp³-hybridized carbons (Fsp3) is 0.350. The topological polar surface area (TPSA) is 50.4 Å². The number of urea groups is 1. The van der Waals surface area contributed by atoms with Crippen molar-refractivity contribution in [3.63, 3.8) is 0 Å². The zero-order valence-electron chi connectivity index (χ0n) is 15.0. The molecule has 0 radical (unpaired) electrons. The summed E-state index contributed by atoms with van der Waals surface area (Å²) >= 11 is 1.73. The van der Waals surface area contributed by atoms with Crippen LogP contribution in [0.5, 0.6) is 5.75 Å². The molecule has 0 heterocycles. The lowest BCUT2D eigenvalue weighted by Crippen LogP contribution is -2.38. The molecule has 0 bridgehead atoms. The third-order valence-electron chi connectivity index (χ3n) is 3.48. The Morgan fingerprint density at radius 1 is 1.08 bits per heavy atom. The van der Waals surface area contributed by atoms with E-state index in [4.69, 9.17) is 4.74 Å². The second-order valence-electron chi connectivity index (χ2n) is 6.02. The molecule has 2 N–H and O–H groups in total. The van der Waals surface area contributed by atoms with E-state index in [9.17, 15) is 4.79 Å². The van der Waals surface area contributed by atoms with E-state index in [1.807, 2.05) is 63.2 Å². The first kappa shape index (κ1) is 19.2. The fourth-order valence-corrected chi connectivity index (χ4v) is 3.10. The van der Waals surface area contributed by atoms with Crippen LogP contribution in [0.2, 0.25) is 0 Å². The van der Waals surface area contributed by atoms with E-state index < -0.39 is 0 Å². The Labute approximate surface area is 154 Å². The Kier molecular flexibility index (Phi) is 7.67. The standard InChI is InChI=1S/C20H26N2O2S/c1-15(2)24-18-9-7-8-17(14-18)16(3)22-20(23)21-12-13-25-19-10-5-4-6-11-19/h4-11,14-16H,12-13H2,1-3H3,(H2,21,22,23). The minimum Gasteiger partial charge on any atom is -0.491 e. The molecule has 0 saturated carbocycles. The molecular formula is C20H26N2O2S. The van der Waals surface area contributed by atoms with Crippen molar-refractivity contribution in [2.45, 2.75) is 37.8 Å². The number of carbonyl (C=O) groups excluding carboxylic acids is 1. The van der Waals surface area contributed by atoms with Crippen LogP contribution in [0.3, 0.4) is 0 Å². The molecule has 0 saturated heterocycles. The third kappa shape index (κ3) is 7.10. The van der Waals surface area contributed by atoms with Crippen LogP contribution in [-0.2, 0) is 0 Å². The maximum Gasteiger partial charge on any atom is 0.315 e. The maximum atomic E-state index is 12.0. The summed E-state index contributed by atoms with van der Waals surface area (Å²) in [7, 11) is 0. The van der Waals surface area contributed by atoms with Crippen LogP contribution in [0.4, 0.5) is 4.79 Å². The van der Waals surface area contributed by atoms with Crippen LogP contribution in [0.15, 0.2) is 59.5 Å². The van der Waals surface area contributed by atoms with E-state index >= 15 is 0 Å². The Hall–Kier alpha value is -2.14. The van der Waals surface area contributed by atoms with Crippen molar-refractivity contribution in [1.82, 2.24) is 10.6 Å². The maximum absolute atomic E-state index is 12.0. The molecule has 2 amide bonds. The molecule has 0 aromatic heterocycles. The summed E-state index contributed by atoms with van der Waals surface area (Å²) in [5.74, 6) is 1.66. The summed E-state index contributed by atoms with van der Waals surface area (Å²) in [5, 5.41) is 5.86. The average molecular weight is 359 g/mol. The van der Waals surface area contributed by atoms with Crippen molar-refractivity contribution >= 4 is 17.8 Å². The Morgan fingerprint density at radius 3 is 2.56 bits per heavy atom. The lowest BCUT2D eigenvalue weighted by molar-refractivity contribution is 0.237. The summed E-state index contributed by atoms with van der Waals surface area (Å²) in [4.78, 5) is 13.2. The predicted molar refractivity (Wildman–Crippen MR) is 104 cm³/mol. The van der Waals surface area contributed by atoms with Crippen LogP contribution in [0.1, 0.15) is 32.4 Å². The van der Waals surface area contributed by atoms with Crippen LogP contribution in [0.25, 0.3) is 0 Å². The first-order valence-electron chi connectivity index (χ1n) is 8.53. The van der Waals surface area contributed by atoms with Crippen molar-refractivity contribution in [2.75, 3.05) is 12.3 Å². The van der Waals surface area contributed by atoms with Gasteiger partial charge in [-0.25, -0.2) is 4.79 Å². The SMILES string of the molecule is CC(C)Oc1cccc(C(C)NC(=O)NCCSc2ccccc2)c1. The van der Waals surface area contributed by atoms with Crippen molar-refractivity contribution in [2.24, 2.45) is 0 Å². The van der Waals surface area contributed by atoms with Gasteiger partial charge in [0.2, 0.25) is 0 Å². The van der Waals surface area contributed by atoms with Gasteiger partial charge < -0.3 is 15.4 Å². The van der Waals surface area contributed by atoms with Gasteiger partial charge in [-0.1, -0.05) is 30.3 Å². The number of carbonyl (C=O) groups is 1. The van der Waals surface area contributed by atoms with Crippen LogP contribution in [0, 0.1) is 0 Å². The van der Waals surface area contributed by atoms with Gasteiger partial charge in [0.05, 0.1) is 12.1 Å². The Bertz CT molecular complexity index is 662. The number of ether oxygens (including phenoxy) is 1. The number of hydrogen-bond acceptors (Lipinski definition) is 3. The third-order valence-corrected chi connectivity index (χ3v) is 4.49. The molecule has 0 fully saturated rings. The molecule has 1 unspecified atom stereocenters. The van der Waals surface area contributed by atoms with Gasteiger partial charge in [-0.15, -0.1) is 11.8 Å². The van der Waals surface area contributed by atoms with Gasteiger partial charge in [-0.2, -0.15) is 0 Å². The molecule has 25 heavy (non-hydrogen) atoms. The second-order valence-corrected chi connectivity index (χ2v) is 7.19. The lowest BCUT2D eigenvalue weighted by Gasteiger charge is -2.17. The molecular weight excluding hydrogens is 332 g/mol. The highest BCUT2D eigenvalue weighted by atomic mass is 32.2. The summed E-state index contributed by atoms with van der Waals surface area (Å²) in [5.41, 5.74) is 1.02. The second kappa shape index (κ2) is 9.99. The molecule has 0 aliphatic heterocycles. The fourth-order valence-electron chi connectivity index (χ4n) is 2.31. The van der Waals surface area contributed by atoms with E-state index in [1.165, 1.54) is 4.90 Å². The van der Waals surface area contributed by atoms with Gasteiger partial charge in [0.1, 0.15) is 5.75 Å². The lowest BCUT2D eigenvalue weighted by atomic mass is 10.1. The highest BCUT2D eigenvalue weighted by molar-refractivity contribution is 7.99. The van der Waals surface area contributed by atoms with Crippen LogP contribution >= 0.6 is 11.8 Å². The van der Waals surface area contributed by atoms with E-state index in [0.717, 1.165) is 17.1 Å². The number of hydrogen-bond donors (Lipinski definition) is 2.